The van der Waals surface area contributed by atoms with Gasteiger partial charge < -0.3 is 14.6 Å². The normalized spacial score (nSPS) is 25.1. The van der Waals surface area contributed by atoms with Crippen LogP contribution in [0.25, 0.3) is 0 Å². The van der Waals surface area contributed by atoms with Crippen molar-refractivity contribution in [1.29, 1.82) is 0 Å². The minimum Gasteiger partial charge on any atom is -0.493 e. The van der Waals surface area contributed by atoms with Crippen molar-refractivity contribution < 1.29 is 14.6 Å². The minimum atomic E-state index is -0.631. The lowest BCUT2D eigenvalue weighted by atomic mass is 10.0. The van der Waals surface area contributed by atoms with Gasteiger partial charge in [0.1, 0.15) is 11.9 Å². The van der Waals surface area contributed by atoms with Crippen molar-refractivity contribution in [2.75, 3.05) is 6.61 Å². The third-order valence-electron chi connectivity index (χ3n) is 3.21. The summed E-state index contributed by atoms with van der Waals surface area (Å²) < 4.78 is 12.2. The van der Waals surface area contributed by atoms with Crippen LogP contribution in [0.3, 0.4) is 0 Å². The van der Waals surface area contributed by atoms with Gasteiger partial charge in [-0.3, -0.25) is 0 Å². The first-order valence-electron chi connectivity index (χ1n) is 6.37. The third kappa shape index (κ3) is 3.05. The molecular weight excluding hydrogens is 296 g/mol. The molecule has 0 bridgehead atoms. The molecule has 1 saturated heterocycles. The lowest BCUT2D eigenvalue weighted by Crippen LogP contribution is -2.19. The molecular formula is C14H19BrO3. The first kappa shape index (κ1) is 13.8. The number of hydrogen-bond acceptors (Lipinski definition) is 3. The van der Waals surface area contributed by atoms with E-state index in [0.29, 0.717) is 6.61 Å². The minimum absolute atomic E-state index is 0.131. The molecule has 0 amide bonds. The van der Waals surface area contributed by atoms with Crippen LogP contribution in [-0.2, 0) is 4.74 Å². The number of aliphatic hydroxyl groups excluding tert-OH is 1. The summed E-state index contributed by atoms with van der Waals surface area (Å²) in [4.78, 5) is 0. The Labute approximate surface area is 116 Å². The van der Waals surface area contributed by atoms with Gasteiger partial charge >= 0.3 is 0 Å². The van der Waals surface area contributed by atoms with Gasteiger partial charge in [0.05, 0.1) is 18.8 Å². The second-order valence-electron chi connectivity index (χ2n) is 4.62. The molecule has 1 fully saturated rings. The molecule has 3 atom stereocenters. The zero-order chi connectivity index (χ0) is 13.1. The molecule has 1 aliphatic heterocycles. The Morgan fingerprint density at radius 1 is 1.50 bits per heavy atom. The Morgan fingerprint density at radius 2 is 2.28 bits per heavy atom. The standard InChI is InChI=1S/C14H19BrO3/c1-3-17-12-7-5-10(15)8-11(12)14(16)13-6-4-9(2)18-13/h5,7-9,13-14,16H,3-4,6H2,1-2H3. The van der Waals surface area contributed by atoms with Crippen LogP contribution in [0, 0.1) is 0 Å². The highest BCUT2D eigenvalue weighted by Gasteiger charge is 2.31. The van der Waals surface area contributed by atoms with Gasteiger partial charge in [0.2, 0.25) is 0 Å². The predicted molar refractivity (Wildman–Crippen MR) is 73.8 cm³/mol. The maximum atomic E-state index is 10.4. The van der Waals surface area contributed by atoms with Gasteiger partial charge in [-0.2, -0.15) is 0 Å². The van der Waals surface area contributed by atoms with Crippen LogP contribution >= 0.6 is 15.9 Å². The van der Waals surface area contributed by atoms with Crippen LogP contribution < -0.4 is 4.74 Å². The van der Waals surface area contributed by atoms with Crippen molar-refractivity contribution >= 4 is 15.9 Å². The van der Waals surface area contributed by atoms with Crippen LogP contribution in [0.15, 0.2) is 22.7 Å². The molecule has 1 N–H and O–H groups in total. The molecule has 0 radical (unpaired) electrons. The van der Waals surface area contributed by atoms with Gasteiger partial charge in [0.15, 0.2) is 0 Å². The number of aliphatic hydroxyl groups is 1. The van der Waals surface area contributed by atoms with Gasteiger partial charge in [0, 0.05) is 10.0 Å². The molecule has 18 heavy (non-hydrogen) atoms. The van der Waals surface area contributed by atoms with Gasteiger partial charge in [-0.05, 0) is 44.9 Å². The fraction of sp³-hybridized carbons (Fsp3) is 0.571. The van der Waals surface area contributed by atoms with Gasteiger partial charge in [-0.25, -0.2) is 0 Å². The molecule has 1 aromatic rings. The Kier molecular flexibility index (Phi) is 4.65. The smallest absolute Gasteiger partial charge is 0.125 e. The summed E-state index contributed by atoms with van der Waals surface area (Å²) in [5.74, 6) is 0.733. The van der Waals surface area contributed by atoms with Crippen LogP contribution in [0.1, 0.15) is 38.4 Å². The molecule has 100 valence electrons. The summed E-state index contributed by atoms with van der Waals surface area (Å²) in [6.45, 7) is 4.56. The second kappa shape index (κ2) is 6.04. The first-order valence-corrected chi connectivity index (χ1v) is 7.17. The summed E-state index contributed by atoms with van der Waals surface area (Å²) in [5, 5.41) is 10.4. The lowest BCUT2D eigenvalue weighted by Gasteiger charge is -2.21. The number of hydrogen-bond donors (Lipinski definition) is 1. The van der Waals surface area contributed by atoms with Crippen molar-refractivity contribution in [2.45, 2.75) is 45.0 Å². The van der Waals surface area contributed by atoms with E-state index in [1.807, 2.05) is 32.0 Å². The van der Waals surface area contributed by atoms with E-state index in [-0.39, 0.29) is 12.2 Å². The highest BCUT2D eigenvalue weighted by molar-refractivity contribution is 9.10. The van der Waals surface area contributed by atoms with E-state index in [1.54, 1.807) is 0 Å². The lowest BCUT2D eigenvalue weighted by molar-refractivity contribution is -0.0306. The maximum Gasteiger partial charge on any atom is 0.125 e. The summed E-state index contributed by atoms with van der Waals surface area (Å²) in [5.41, 5.74) is 0.797. The Bertz CT molecular complexity index is 408. The maximum absolute atomic E-state index is 10.4. The number of benzene rings is 1. The molecule has 3 unspecified atom stereocenters. The number of halogens is 1. The van der Waals surface area contributed by atoms with E-state index in [0.717, 1.165) is 28.6 Å². The second-order valence-corrected chi connectivity index (χ2v) is 5.54. The largest absolute Gasteiger partial charge is 0.493 e. The highest BCUT2D eigenvalue weighted by Crippen LogP contribution is 2.35. The average Bonchev–Trinajstić information content (AvgIpc) is 2.77. The topological polar surface area (TPSA) is 38.7 Å². The van der Waals surface area contributed by atoms with E-state index < -0.39 is 6.10 Å². The molecule has 0 aliphatic carbocycles. The van der Waals surface area contributed by atoms with E-state index in [1.165, 1.54) is 0 Å². The number of rotatable bonds is 4. The molecule has 2 rings (SSSR count). The predicted octanol–water partition coefficient (Wildman–Crippen LogP) is 3.45. The summed E-state index contributed by atoms with van der Waals surface area (Å²) in [6.07, 6.45) is 1.36. The average molecular weight is 315 g/mol. The Morgan fingerprint density at radius 3 is 2.89 bits per heavy atom. The zero-order valence-electron chi connectivity index (χ0n) is 10.7. The quantitative estimate of drug-likeness (QED) is 0.925. The Balaban J connectivity index is 2.22. The summed E-state index contributed by atoms with van der Waals surface area (Å²) >= 11 is 3.43. The van der Waals surface area contributed by atoms with Crippen LogP contribution in [0.2, 0.25) is 0 Å². The van der Waals surface area contributed by atoms with Crippen molar-refractivity contribution in [3.05, 3.63) is 28.2 Å². The van der Waals surface area contributed by atoms with E-state index in [9.17, 15) is 5.11 Å². The van der Waals surface area contributed by atoms with Crippen molar-refractivity contribution in [3.63, 3.8) is 0 Å². The fourth-order valence-electron chi connectivity index (χ4n) is 2.30. The highest BCUT2D eigenvalue weighted by atomic mass is 79.9. The fourth-order valence-corrected chi connectivity index (χ4v) is 2.68. The molecule has 0 aromatic heterocycles. The first-order chi connectivity index (χ1) is 8.61. The van der Waals surface area contributed by atoms with Gasteiger partial charge in [-0.15, -0.1) is 0 Å². The monoisotopic (exact) mass is 314 g/mol. The van der Waals surface area contributed by atoms with Crippen molar-refractivity contribution in [1.82, 2.24) is 0 Å². The van der Waals surface area contributed by atoms with Crippen molar-refractivity contribution in [2.24, 2.45) is 0 Å². The summed E-state index contributed by atoms with van der Waals surface area (Å²) in [7, 11) is 0. The van der Waals surface area contributed by atoms with Crippen LogP contribution in [0.5, 0.6) is 5.75 Å². The third-order valence-corrected chi connectivity index (χ3v) is 3.70. The van der Waals surface area contributed by atoms with E-state index >= 15 is 0 Å². The molecule has 0 saturated carbocycles. The van der Waals surface area contributed by atoms with E-state index in [2.05, 4.69) is 15.9 Å². The molecule has 1 heterocycles. The summed E-state index contributed by atoms with van der Waals surface area (Å²) in [6, 6.07) is 5.70. The molecule has 3 nitrogen and oxygen atoms in total. The molecule has 4 heteroatoms. The van der Waals surface area contributed by atoms with Gasteiger partial charge in [-0.1, -0.05) is 15.9 Å². The number of ether oxygens (including phenoxy) is 2. The zero-order valence-corrected chi connectivity index (χ0v) is 12.3. The van der Waals surface area contributed by atoms with Crippen LogP contribution in [0.4, 0.5) is 0 Å². The van der Waals surface area contributed by atoms with E-state index in [4.69, 9.17) is 9.47 Å². The molecule has 0 spiro atoms. The molecule has 1 aliphatic rings. The SMILES string of the molecule is CCOc1ccc(Br)cc1C(O)C1CCC(C)O1. The van der Waals surface area contributed by atoms with Crippen LogP contribution in [-0.4, -0.2) is 23.9 Å². The van der Waals surface area contributed by atoms with Crippen molar-refractivity contribution in [3.8, 4) is 5.75 Å². The molecule has 1 aromatic carbocycles. The van der Waals surface area contributed by atoms with Gasteiger partial charge in [0.25, 0.3) is 0 Å². The Hall–Kier alpha value is -0.580.